The lowest BCUT2D eigenvalue weighted by atomic mass is 10.2. The van der Waals surface area contributed by atoms with Gasteiger partial charge < -0.3 is 19.2 Å². The van der Waals surface area contributed by atoms with Crippen LogP contribution in [0.2, 0.25) is 0 Å². The van der Waals surface area contributed by atoms with E-state index in [9.17, 15) is 9.59 Å². The first kappa shape index (κ1) is 17.1. The number of likely N-dealkylation sites (tertiary alicyclic amines) is 1. The summed E-state index contributed by atoms with van der Waals surface area (Å²) in [6, 6.07) is 10.3. The molecule has 1 fully saturated rings. The number of amides is 2. The van der Waals surface area contributed by atoms with E-state index in [-0.39, 0.29) is 17.6 Å². The molecule has 1 atom stereocenters. The molecular formula is C20H20N4O3. The Hall–Kier alpha value is -3.35. The van der Waals surface area contributed by atoms with Gasteiger partial charge in [0.1, 0.15) is 11.9 Å². The number of hydrogen-bond donors (Lipinski definition) is 1. The lowest BCUT2D eigenvalue weighted by Gasteiger charge is -2.23. The van der Waals surface area contributed by atoms with E-state index in [1.54, 1.807) is 23.2 Å². The zero-order chi connectivity index (χ0) is 18.8. The van der Waals surface area contributed by atoms with Crippen LogP contribution in [0.5, 0.6) is 0 Å². The van der Waals surface area contributed by atoms with Crippen molar-refractivity contribution in [1.82, 2.24) is 14.5 Å². The fraction of sp³-hybridized carbons (Fsp3) is 0.250. The van der Waals surface area contributed by atoms with Crippen LogP contribution in [-0.2, 0) is 4.79 Å². The molecular weight excluding hydrogens is 344 g/mol. The molecule has 0 saturated carbocycles. The first-order chi connectivity index (χ1) is 13.1. The summed E-state index contributed by atoms with van der Waals surface area (Å²) in [4.78, 5) is 31.0. The molecule has 1 saturated heterocycles. The van der Waals surface area contributed by atoms with Crippen LogP contribution in [0, 0.1) is 6.92 Å². The molecule has 0 aliphatic carbocycles. The van der Waals surface area contributed by atoms with Crippen LogP contribution in [0.3, 0.4) is 0 Å². The van der Waals surface area contributed by atoms with Gasteiger partial charge in [0.05, 0.1) is 6.26 Å². The highest BCUT2D eigenvalue weighted by molar-refractivity contribution is 6.00. The summed E-state index contributed by atoms with van der Waals surface area (Å²) in [5.41, 5.74) is 1.66. The fourth-order valence-corrected chi connectivity index (χ4v) is 3.41. The summed E-state index contributed by atoms with van der Waals surface area (Å²) in [6.45, 7) is 2.48. The largest absolute Gasteiger partial charge is 0.459 e. The summed E-state index contributed by atoms with van der Waals surface area (Å²) in [5.74, 6) is 0.724. The van der Waals surface area contributed by atoms with Crippen molar-refractivity contribution in [3.05, 3.63) is 66.6 Å². The molecule has 4 rings (SSSR count). The van der Waals surface area contributed by atoms with Crippen LogP contribution in [0.4, 0.5) is 5.69 Å². The van der Waals surface area contributed by atoms with E-state index in [1.165, 1.54) is 6.26 Å². The van der Waals surface area contributed by atoms with E-state index < -0.39 is 6.04 Å². The van der Waals surface area contributed by atoms with Gasteiger partial charge in [-0.05, 0) is 56.2 Å². The van der Waals surface area contributed by atoms with Gasteiger partial charge in [0.25, 0.3) is 5.91 Å². The van der Waals surface area contributed by atoms with Crippen molar-refractivity contribution in [2.75, 3.05) is 11.9 Å². The third-order valence-corrected chi connectivity index (χ3v) is 4.79. The molecule has 2 amide bonds. The topological polar surface area (TPSA) is 80.4 Å². The van der Waals surface area contributed by atoms with E-state index in [0.717, 1.165) is 17.9 Å². The summed E-state index contributed by atoms with van der Waals surface area (Å²) in [5, 5.41) is 2.91. The lowest BCUT2D eigenvalue weighted by molar-refractivity contribution is -0.119. The van der Waals surface area contributed by atoms with Crippen LogP contribution in [0.15, 0.2) is 59.5 Å². The van der Waals surface area contributed by atoms with Gasteiger partial charge in [0.15, 0.2) is 5.76 Å². The van der Waals surface area contributed by atoms with Crippen molar-refractivity contribution in [3.8, 4) is 5.69 Å². The highest BCUT2D eigenvalue weighted by atomic mass is 16.3. The van der Waals surface area contributed by atoms with Crippen LogP contribution in [-0.4, -0.2) is 38.9 Å². The summed E-state index contributed by atoms with van der Waals surface area (Å²) >= 11 is 0. The Morgan fingerprint density at radius 1 is 1.22 bits per heavy atom. The molecule has 0 radical (unpaired) electrons. The van der Waals surface area contributed by atoms with Crippen molar-refractivity contribution < 1.29 is 14.0 Å². The normalized spacial score (nSPS) is 16.5. The number of hydrogen-bond acceptors (Lipinski definition) is 4. The minimum atomic E-state index is -0.488. The SMILES string of the molecule is Cc1nccn1-c1ccc(NC(=O)C2CCCN2C(=O)c2ccco2)cc1. The summed E-state index contributed by atoms with van der Waals surface area (Å²) < 4.78 is 7.15. The Morgan fingerprint density at radius 2 is 2.04 bits per heavy atom. The molecule has 1 aromatic carbocycles. The van der Waals surface area contributed by atoms with E-state index in [4.69, 9.17) is 4.42 Å². The molecule has 3 heterocycles. The minimum absolute atomic E-state index is 0.182. The zero-order valence-electron chi connectivity index (χ0n) is 15.0. The summed E-state index contributed by atoms with van der Waals surface area (Å²) in [7, 11) is 0. The molecule has 0 bridgehead atoms. The van der Waals surface area contributed by atoms with Crippen LogP contribution in [0.1, 0.15) is 29.2 Å². The average molecular weight is 364 g/mol. The van der Waals surface area contributed by atoms with Crippen LogP contribution in [0.25, 0.3) is 5.69 Å². The summed E-state index contributed by atoms with van der Waals surface area (Å²) in [6.07, 6.45) is 6.53. The number of nitrogens with one attached hydrogen (secondary N) is 1. The van der Waals surface area contributed by atoms with Crippen molar-refractivity contribution in [3.63, 3.8) is 0 Å². The molecule has 138 valence electrons. The quantitative estimate of drug-likeness (QED) is 0.772. The Labute approximate surface area is 156 Å². The van der Waals surface area contributed by atoms with Crippen LogP contribution >= 0.6 is 0 Å². The molecule has 1 unspecified atom stereocenters. The second kappa shape index (κ2) is 7.11. The first-order valence-corrected chi connectivity index (χ1v) is 8.89. The van der Waals surface area contributed by atoms with Gasteiger partial charge in [0.2, 0.25) is 5.91 Å². The number of carbonyl (C=O) groups excluding carboxylic acids is 2. The van der Waals surface area contributed by atoms with Gasteiger partial charge in [-0.15, -0.1) is 0 Å². The van der Waals surface area contributed by atoms with Gasteiger partial charge in [-0.2, -0.15) is 0 Å². The Balaban J connectivity index is 1.45. The number of imidazole rings is 1. The first-order valence-electron chi connectivity index (χ1n) is 8.89. The van der Waals surface area contributed by atoms with Crippen molar-refractivity contribution in [2.45, 2.75) is 25.8 Å². The van der Waals surface area contributed by atoms with Crippen molar-refractivity contribution in [1.29, 1.82) is 0 Å². The average Bonchev–Trinajstić information content (AvgIpc) is 3.43. The second-order valence-corrected chi connectivity index (χ2v) is 6.51. The fourth-order valence-electron chi connectivity index (χ4n) is 3.41. The third kappa shape index (κ3) is 3.36. The van der Waals surface area contributed by atoms with Gasteiger partial charge in [-0.25, -0.2) is 4.98 Å². The zero-order valence-corrected chi connectivity index (χ0v) is 15.0. The minimum Gasteiger partial charge on any atom is -0.459 e. The third-order valence-electron chi connectivity index (χ3n) is 4.79. The Bertz CT molecular complexity index is 944. The monoisotopic (exact) mass is 364 g/mol. The number of aromatic nitrogens is 2. The number of anilines is 1. The molecule has 7 heteroatoms. The second-order valence-electron chi connectivity index (χ2n) is 6.51. The van der Waals surface area contributed by atoms with Gasteiger partial charge in [-0.1, -0.05) is 0 Å². The Morgan fingerprint density at radius 3 is 2.70 bits per heavy atom. The molecule has 1 N–H and O–H groups in total. The number of furan rings is 1. The lowest BCUT2D eigenvalue weighted by Crippen LogP contribution is -2.43. The number of rotatable bonds is 4. The molecule has 7 nitrogen and oxygen atoms in total. The van der Waals surface area contributed by atoms with Gasteiger partial charge in [-0.3, -0.25) is 9.59 Å². The number of carbonyl (C=O) groups is 2. The van der Waals surface area contributed by atoms with E-state index in [0.29, 0.717) is 18.7 Å². The molecule has 1 aliphatic heterocycles. The number of nitrogens with zero attached hydrogens (tertiary/aromatic N) is 3. The van der Waals surface area contributed by atoms with Crippen LogP contribution < -0.4 is 5.32 Å². The highest BCUT2D eigenvalue weighted by Gasteiger charge is 2.35. The highest BCUT2D eigenvalue weighted by Crippen LogP contribution is 2.22. The molecule has 0 spiro atoms. The molecule has 1 aliphatic rings. The van der Waals surface area contributed by atoms with E-state index >= 15 is 0 Å². The Kier molecular flexibility index (Phi) is 4.50. The smallest absolute Gasteiger partial charge is 0.290 e. The predicted molar refractivity (Wildman–Crippen MR) is 99.7 cm³/mol. The number of benzene rings is 1. The maximum Gasteiger partial charge on any atom is 0.290 e. The molecule has 2 aromatic heterocycles. The predicted octanol–water partition coefficient (Wildman–Crippen LogP) is 3.02. The van der Waals surface area contributed by atoms with Crippen molar-refractivity contribution in [2.24, 2.45) is 0 Å². The van der Waals surface area contributed by atoms with E-state index in [2.05, 4.69) is 10.3 Å². The maximum atomic E-state index is 12.7. The maximum absolute atomic E-state index is 12.7. The van der Waals surface area contributed by atoms with Gasteiger partial charge in [0, 0.05) is 30.3 Å². The standard InChI is InChI=1S/C20H20N4O3/c1-14-21-10-12-23(14)16-8-6-15(7-9-16)22-19(25)17-4-2-11-24(17)20(26)18-5-3-13-27-18/h3,5-10,12-13,17H,2,4,11H2,1H3,(H,22,25). The van der Waals surface area contributed by atoms with E-state index in [1.807, 2.05) is 42.0 Å². The number of aryl methyl sites for hydroxylation is 1. The molecule has 3 aromatic rings. The van der Waals surface area contributed by atoms with Crippen molar-refractivity contribution >= 4 is 17.5 Å². The van der Waals surface area contributed by atoms with Gasteiger partial charge >= 0.3 is 0 Å². The molecule has 27 heavy (non-hydrogen) atoms.